The SMILES string of the molecule is [CH2]C1Cc2cc(F)cc(-c3cccc(Cl)c3Cl)c2O1. The molecule has 1 heterocycles. The van der Waals surface area contributed by atoms with Crippen LogP contribution in [0.25, 0.3) is 11.1 Å². The number of hydrogen-bond donors (Lipinski definition) is 0. The summed E-state index contributed by atoms with van der Waals surface area (Å²) in [7, 11) is 0. The van der Waals surface area contributed by atoms with E-state index in [0.29, 0.717) is 33.3 Å². The molecule has 0 bridgehead atoms. The Bertz CT molecular complexity index is 655. The minimum atomic E-state index is -0.317. The first-order valence-corrected chi connectivity index (χ1v) is 6.58. The average Bonchev–Trinajstić information content (AvgIpc) is 2.72. The van der Waals surface area contributed by atoms with Gasteiger partial charge in [-0.05, 0) is 25.1 Å². The summed E-state index contributed by atoms with van der Waals surface area (Å²) in [4.78, 5) is 0. The molecule has 0 aromatic heterocycles. The van der Waals surface area contributed by atoms with Crippen molar-refractivity contribution in [3.05, 3.63) is 58.7 Å². The largest absolute Gasteiger partial charge is 0.489 e. The van der Waals surface area contributed by atoms with Gasteiger partial charge in [0.2, 0.25) is 0 Å². The molecule has 2 aromatic carbocycles. The molecular weight excluding hydrogens is 286 g/mol. The lowest BCUT2D eigenvalue weighted by molar-refractivity contribution is 0.282. The van der Waals surface area contributed by atoms with Crippen LogP contribution >= 0.6 is 23.2 Å². The lowest BCUT2D eigenvalue weighted by Gasteiger charge is -2.12. The smallest absolute Gasteiger partial charge is 0.131 e. The number of benzene rings is 2. The maximum atomic E-state index is 13.7. The first kappa shape index (κ1) is 12.8. The molecule has 4 heteroatoms. The van der Waals surface area contributed by atoms with E-state index < -0.39 is 0 Å². The Morgan fingerprint density at radius 3 is 2.79 bits per heavy atom. The second-order valence-electron chi connectivity index (χ2n) is 4.49. The van der Waals surface area contributed by atoms with Gasteiger partial charge in [-0.25, -0.2) is 4.39 Å². The van der Waals surface area contributed by atoms with Gasteiger partial charge in [0, 0.05) is 23.1 Å². The molecule has 1 unspecified atom stereocenters. The molecule has 2 aromatic rings. The van der Waals surface area contributed by atoms with Crippen LogP contribution in [-0.4, -0.2) is 6.10 Å². The maximum absolute atomic E-state index is 13.7. The van der Waals surface area contributed by atoms with E-state index in [1.165, 1.54) is 12.1 Å². The van der Waals surface area contributed by atoms with Crippen LogP contribution in [0.5, 0.6) is 5.75 Å². The van der Waals surface area contributed by atoms with E-state index >= 15 is 0 Å². The third kappa shape index (κ3) is 2.19. The molecule has 0 saturated heterocycles. The van der Waals surface area contributed by atoms with Crippen LogP contribution < -0.4 is 4.74 Å². The van der Waals surface area contributed by atoms with Gasteiger partial charge in [-0.3, -0.25) is 0 Å². The third-order valence-corrected chi connectivity index (χ3v) is 3.92. The third-order valence-electron chi connectivity index (χ3n) is 3.10. The summed E-state index contributed by atoms with van der Waals surface area (Å²) in [6, 6.07) is 8.15. The van der Waals surface area contributed by atoms with Crippen LogP contribution in [0, 0.1) is 12.7 Å². The van der Waals surface area contributed by atoms with Gasteiger partial charge in [0.15, 0.2) is 0 Å². The van der Waals surface area contributed by atoms with Gasteiger partial charge >= 0.3 is 0 Å². The molecule has 1 nitrogen and oxygen atoms in total. The second-order valence-corrected chi connectivity index (χ2v) is 5.27. The van der Waals surface area contributed by atoms with Gasteiger partial charge in [0.25, 0.3) is 0 Å². The fourth-order valence-corrected chi connectivity index (χ4v) is 2.71. The van der Waals surface area contributed by atoms with Crippen molar-refractivity contribution in [3.63, 3.8) is 0 Å². The van der Waals surface area contributed by atoms with Crippen molar-refractivity contribution in [1.29, 1.82) is 0 Å². The van der Waals surface area contributed by atoms with E-state index in [9.17, 15) is 4.39 Å². The monoisotopic (exact) mass is 295 g/mol. The normalized spacial score (nSPS) is 17.2. The second kappa shape index (κ2) is 4.69. The molecule has 19 heavy (non-hydrogen) atoms. The molecule has 1 aliphatic rings. The molecule has 1 radical (unpaired) electrons. The first-order valence-electron chi connectivity index (χ1n) is 5.83. The highest BCUT2D eigenvalue weighted by Gasteiger charge is 2.25. The van der Waals surface area contributed by atoms with Crippen LogP contribution in [0.15, 0.2) is 30.3 Å². The summed E-state index contributed by atoms with van der Waals surface area (Å²) >= 11 is 12.2. The van der Waals surface area contributed by atoms with Crippen molar-refractivity contribution in [2.75, 3.05) is 0 Å². The lowest BCUT2D eigenvalue weighted by Crippen LogP contribution is -2.06. The average molecular weight is 296 g/mol. The highest BCUT2D eigenvalue weighted by atomic mass is 35.5. The van der Waals surface area contributed by atoms with Crippen molar-refractivity contribution >= 4 is 23.2 Å². The first-order chi connectivity index (χ1) is 9.06. The molecule has 0 aliphatic carbocycles. The summed E-state index contributed by atoms with van der Waals surface area (Å²) in [5, 5.41) is 0.828. The van der Waals surface area contributed by atoms with E-state index in [-0.39, 0.29) is 11.9 Å². The van der Waals surface area contributed by atoms with Crippen LogP contribution in [0.2, 0.25) is 10.0 Å². The zero-order valence-electron chi connectivity index (χ0n) is 9.92. The Labute approximate surface area is 120 Å². The van der Waals surface area contributed by atoms with Crippen LogP contribution in [-0.2, 0) is 6.42 Å². The maximum Gasteiger partial charge on any atom is 0.131 e. The summed E-state index contributed by atoms with van der Waals surface area (Å²) in [5.74, 6) is 0.327. The highest BCUT2D eigenvalue weighted by Crippen LogP contribution is 2.43. The van der Waals surface area contributed by atoms with Crippen molar-refractivity contribution < 1.29 is 9.13 Å². The minimum absolute atomic E-state index is 0.200. The van der Waals surface area contributed by atoms with Crippen LogP contribution in [0.3, 0.4) is 0 Å². The Kier molecular flexibility index (Phi) is 3.15. The number of fused-ring (bicyclic) bond motifs is 1. The van der Waals surface area contributed by atoms with Crippen LogP contribution in [0.1, 0.15) is 5.56 Å². The van der Waals surface area contributed by atoms with Crippen molar-refractivity contribution in [3.8, 4) is 16.9 Å². The summed E-state index contributed by atoms with van der Waals surface area (Å²) in [6.07, 6.45) is 0.395. The Balaban J connectivity index is 2.24. The van der Waals surface area contributed by atoms with E-state index in [1.807, 2.05) is 0 Å². The van der Waals surface area contributed by atoms with Gasteiger partial charge in [0.1, 0.15) is 17.7 Å². The Hall–Kier alpha value is -1.25. The molecule has 0 amide bonds. The number of hydrogen-bond acceptors (Lipinski definition) is 1. The predicted molar refractivity (Wildman–Crippen MR) is 75.3 cm³/mol. The van der Waals surface area contributed by atoms with Gasteiger partial charge in [-0.2, -0.15) is 0 Å². The van der Waals surface area contributed by atoms with E-state index in [2.05, 4.69) is 6.92 Å². The minimum Gasteiger partial charge on any atom is -0.489 e. The van der Waals surface area contributed by atoms with Gasteiger partial charge < -0.3 is 4.74 Å². The Morgan fingerprint density at radius 1 is 1.21 bits per heavy atom. The number of ether oxygens (including phenoxy) is 1. The molecule has 0 fully saturated rings. The summed E-state index contributed by atoms with van der Waals surface area (Å²) in [6.45, 7) is 3.85. The predicted octanol–water partition coefficient (Wildman–Crippen LogP) is 4.94. The molecule has 1 aliphatic heterocycles. The van der Waals surface area contributed by atoms with Gasteiger partial charge in [-0.15, -0.1) is 0 Å². The Morgan fingerprint density at radius 2 is 2.00 bits per heavy atom. The van der Waals surface area contributed by atoms with Gasteiger partial charge in [0.05, 0.1) is 10.0 Å². The topological polar surface area (TPSA) is 9.23 Å². The zero-order valence-corrected chi connectivity index (χ0v) is 11.4. The zero-order chi connectivity index (χ0) is 13.6. The van der Waals surface area contributed by atoms with Gasteiger partial charge in [-0.1, -0.05) is 35.3 Å². The molecular formula is C15H10Cl2FO. The standard InChI is InChI=1S/C15H10Cl2FO/c1-8-5-9-6-10(18)7-12(15(9)19-8)11-3-2-4-13(16)14(11)17/h2-4,6-8H,1,5H2. The fourth-order valence-electron chi connectivity index (χ4n) is 2.31. The van der Waals surface area contributed by atoms with Crippen molar-refractivity contribution in [1.82, 2.24) is 0 Å². The van der Waals surface area contributed by atoms with Crippen LogP contribution in [0.4, 0.5) is 4.39 Å². The summed E-state index contributed by atoms with van der Waals surface area (Å²) < 4.78 is 19.4. The number of halogens is 3. The fraction of sp³-hybridized carbons (Fsp3) is 0.133. The van der Waals surface area contributed by atoms with E-state index in [1.54, 1.807) is 18.2 Å². The molecule has 0 spiro atoms. The molecule has 1 atom stereocenters. The quantitative estimate of drug-likeness (QED) is 0.724. The molecule has 0 saturated carbocycles. The highest BCUT2D eigenvalue weighted by molar-refractivity contribution is 6.43. The number of rotatable bonds is 1. The summed E-state index contributed by atoms with van der Waals surface area (Å²) in [5.41, 5.74) is 2.10. The molecule has 3 rings (SSSR count). The van der Waals surface area contributed by atoms with E-state index in [4.69, 9.17) is 27.9 Å². The van der Waals surface area contributed by atoms with Crippen molar-refractivity contribution in [2.24, 2.45) is 0 Å². The molecule has 97 valence electrons. The lowest BCUT2D eigenvalue weighted by atomic mass is 10.0. The van der Waals surface area contributed by atoms with E-state index in [0.717, 1.165) is 5.56 Å². The van der Waals surface area contributed by atoms with Crippen molar-refractivity contribution in [2.45, 2.75) is 12.5 Å². The molecule has 0 N–H and O–H groups in total.